The number of amides is 1. The second-order valence-corrected chi connectivity index (χ2v) is 11.9. The molecule has 11 heteroatoms. The highest BCUT2D eigenvalue weighted by Crippen LogP contribution is 2.30. The summed E-state index contributed by atoms with van der Waals surface area (Å²) in [6.07, 6.45) is 6.35. The molecule has 1 atom stereocenters. The molecule has 0 aliphatic rings. The Bertz CT molecular complexity index is 1580. The fraction of sp³-hybridized carbons (Fsp3) is 0.314. The van der Waals surface area contributed by atoms with Gasteiger partial charge in [-0.05, 0) is 96.7 Å². The first kappa shape index (κ1) is 34.7. The van der Waals surface area contributed by atoms with Crippen molar-refractivity contribution in [3.63, 3.8) is 0 Å². The summed E-state index contributed by atoms with van der Waals surface area (Å²) in [5.41, 5.74) is 4.19. The molecule has 0 bridgehead atoms. The van der Waals surface area contributed by atoms with Crippen molar-refractivity contribution >= 4 is 28.8 Å². The number of nitrogens with one attached hydrogen (secondary N) is 1. The van der Waals surface area contributed by atoms with Crippen LogP contribution in [0.15, 0.2) is 84.0 Å². The van der Waals surface area contributed by atoms with Crippen LogP contribution >= 0.6 is 0 Å². The molecular formula is C35H39F2N3O5S. The van der Waals surface area contributed by atoms with Crippen molar-refractivity contribution in [3.8, 4) is 22.6 Å². The fourth-order valence-corrected chi connectivity index (χ4v) is 5.88. The highest BCUT2D eigenvalue weighted by Gasteiger charge is 2.18. The molecular weight excluding hydrogens is 612 g/mol. The number of aryl methyl sites for hydroxylation is 2. The lowest BCUT2D eigenvalue weighted by atomic mass is 10.0. The Morgan fingerprint density at radius 3 is 2.43 bits per heavy atom. The van der Waals surface area contributed by atoms with E-state index in [1.54, 1.807) is 42.7 Å². The zero-order valence-electron chi connectivity index (χ0n) is 26.2. The summed E-state index contributed by atoms with van der Waals surface area (Å²) in [6, 6.07) is 18.9. The number of carbonyl (C=O) groups is 1. The molecule has 0 unspecified atom stereocenters. The molecule has 1 amide bonds. The first-order valence-electron chi connectivity index (χ1n) is 15.1. The van der Waals surface area contributed by atoms with Crippen LogP contribution in [0.4, 0.5) is 14.5 Å². The first-order valence-corrected chi connectivity index (χ1v) is 16.5. The number of halogens is 2. The predicted octanol–water partition coefficient (Wildman–Crippen LogP) is 7.64. The van der Waals surface area contributed by atoms with Gasteiger partial charge in [-0.15, -0.1) is 0 Å². The molecule has 4 rings (SSSR count). The quantitative estimate of drug-likeness (QED) is 0.0716. The number of aromatic nitrogens is 2. The van der Waals surface area contributed by atoms with Crippen LogP contribution in [-0.2, 0) is 33.0 Å². The molecule has 0 aliphatic heterocycles. The van der Waals surface area contributed by atoms with E-state index in [0.29, 0.717) is 47.5 Å². The van der Waals surface area contributed by atoms with E-state index < -0.39 is 23.7 Å². The Morgan fingerprint density at radius 2 is 1.74 bits per heavy atom. The minimum atomic E-state index is -3.02. The number of benzene rings is 3. The summed E-state index contributed by atoms with van der Waals surface area (Å²) in [6.45, 7) is 5.44. The van der Waals surface area contributed by atoms with Gasteiger partial charge in [0.05, 0.1) is 24.3 Å². The van der Waals surface area contributed by atoms with Gasteiger partial charge in [0.25, 0.3) is 0 Å². The summed E-state index contributed by atoms with van der Waals surface area (Å²) in [7, 11) is 0. The average Bonchev–Trinajstić information content (AvgIpc) is 3.39. The number of nitrogens with zero attached hydrogens (tertiary/aromatic N) is 2. The van der Waals surface area contributed by atoms with Crippen LogP contribution in [0.1, 0.15) is 43.6 Å². The number of carbonyl (C=O) groups excluding carboxylic acids is 1. The SMILES string of the molecule is CCCOCCOc1ccc(-c2ccc(OC(F)F)c(/C=C/C(=O)Nc3ccc([S@@+]([O-])Cc4c(C)ncn4CCC)cc3)c2)cc1. The molecule has 0 aliphatic carbocycles. The lowest BCUT2D eigenvalue weighted by Crippen LogP contribution is -2.11. The van der Waals surface area contributed by atoms with Gasteiger partial charge in [-0.1, -0.05) is 32.0 Å². The van der Waals surface area contributed by atoms with Crippen molar-refractivity contribution in [2.45, 2.75) is 57.4 Å². The summed E-state index contributed by atoms with van der Waals surface area (Å²) in [5, 5.41) is 2.75. The summed E-state index contributed by atoms with van der Waals surface area (Å²) < 4.78 is 57.1. The zero-order chi connectivity index (χ0) is 32.9. The Labute approximate surface area is 271 Å². The van der Waals surface area contributed by atoms with Gasteiger partial charge >= 0.3 is 6.61 Å². The second-order valence-electron chi connectivity index (χ2n) is 10.4. The maximum atomic E-state index is 13.1. The van der Waals surface area contributed by atoms with Crippen molar-refractivity contribution in [1.82, 2.24) is 9.55 Å². The van der Waals surface area contributed by atoms with Crippen LogP contribution in [-0.4, -0.2) is 46.4 Å². The number of alkyl halides is 2. The monoisotopic (exact) mass is 651 g/mol. The first-order chi connectivity index (χ1) is 22.3. The van der Waals surface area contributed by atoms with Gasteiger partial charge in [0, 0.05) is 30.5 Å². The summed E-state index contributed by atoms with van der Waals surface area (Å²) >= 11 is -1.29. The van der Waals surface area contributed by atoms with Gasteiger partial charge in [-0.2, -0.15) is 8.78 Å². The van der Waals surface area contributed by atoms with Crippen LogP contribution in [0.3, 0.4) is 0 Å². The lowest BCUT2D eigenvalue weighted by Gasteiger charge is -2.13. The highest BCUT2D eigenvalue weighted by atomic mass is 32.2. The van der Waals surface area contributed by atoms with E-state index in [1.807, 2.05) is 42.7 Å². The maximum Gasteiger partial charge on any atom is 0.387 e. The number of ether oxygens (including phenoxy) is 3. The Kier molecular flexibility index (Phi) is 13.2. The number of imidazole rings is 1. The van der Waals surface area contributed by atoms with Gasteiger partial charge in [-0.25, -0.2) is 4.98 Å². The summed E-state index contributed by atoms with van der Waals surface area (Å²) in [4.78, 5) is 17.7. The van der Waals surface area contributed by atoms with Crippen molar-refractivity contribution in [2.75, 3.05) is 25.1 Å². The molecule has 0 spiro atoms. The Hall–Kier alpha value is -4.19. The molecule has 0 saturated carbocycles. The smallest absolute Gasteiger partial charge is 0.387 e. The van der Waals surface area contributed by atoms with Crippen LogP contribution in [0.25, 0.3) is 17.2 Å². The number of hydrogen-bond acceptors (Lipinski definition) is 6. The predicted molar refractivity (Wildman–Crippen MR) is 177 cm³/mol. The Morgan fingerprint density at radius 1 is 1.00 bits per heavy atom. The third-order valence-corrected chi connectivity index (χ3v) is 8.28. The second kappa shape index (κ2) is 17.5. The van der Waals surface area contributed by atoms with E-state index in [2.05, 4.69) is 17.2 Å². The molecule has 244 valence electrons. The molecule has 3 aromatic carbocycles. The van der Waals surface area contributed by atoms with Gasteiger partial charge in [-0.3, -0.25) is 4.79 Å². The topological polar surface area (TPSA) is 97.7 Å². The fourth-order valence-electron chi connectivity index (χ4n) is 4.65. The molecule has 1 N–H and O–H groups in total. The minimum absolute atomic E-state index is 0.0582. The third kappa shape index (κ3) is 10.2. The number of anilines is 1. The van der Waals surface area contributed by atoms with Gasteiger partial charge in [0.15, 0.2) is 10.6 Å². The molecule has 1 aromatic heterocycles. The van der Waals surface area contributed by atoms with E-state index in [0.717, 1.165) is 41.9 Å². The molecule has 1 heterocycles. The van der Waals surface area contributed by atoms with Crippen LogP contribution in [0.5, 0.6) is 11.5 Å². The van der Waals surface area contributed by atoms with Crippen LogP contribution in [0, 0.1) is 6.92 Å². The van der Waals surface area contributed by atoms with E-state index in [-0.39, 0.29) is 5.75 Å². The van der Waals surface area contributed by atoms with E-state index in [9.17, 15) is 18.1 Å². The van der Waals surface area contributed by atoms with Crippen molar-refractivity contribution in [1.29, 1.82) is 0 Å². The van der Waals surface area contributed by atoms with Gasteiger partial charge in [0.2, 0.25) is 5.91 Å². The number of rotatable bonds is 17. The van der Waals surface area contributed by atoms with E-state index in [4.69, 9.17) is 14.2 Å². The molecule has 0 fully saturated rings. The van der Waals surface area contributed by atoms with Crippen molar-refractivity contribution < 1.29 is 32.3 Å². The standard InChI is InChI=1S/C35H39F2N3O5S/c1-4-18-40-24-38-25(3)32(40)23-46(42)31-14-10-29(11-15-31)39-34(41)17-9-28-22-27(8-16-33(28)45-35(36)37)26-6-12-30(13-7-26)44-21-20-43-19-5-2/h6-17,22,24,35H,4-5,18-21,23H2,1-3H3,(H,39,41)/b17-9+/t46-/m0/s1. The maximum absolute atomic E-state index is 13.1. The van der Waals surface area contributed by atoms with E-state index >= 15 is 0 Å². The highest BCUT2D eigenvalue weighted by molar-refractivity contribution is 7.90. The lowest BCUT2D eigenvalue weighted by molar-refractivity contribution is -0.111. The normalized spacial score (nSPS) is 12.1. The number of hydrogen-bond donors (Lipinski definition) is 1. The molecule has 0 saturated heterocycles. The molecule has 46 heavy (non-hydrogen) atoms. The van der Waals surface area contributed by atoms with E-state index in [1.165, 1.54) is 18.2 Å². The van der Waals surface area contributed by atoms with Gasteiger partial charge < -0.3 is 28.6 Å². The van der Waals surface area contributed by atoms with Crippen LogP contribution in [0.2, 0.25) is 0 Å². The summed E-state index contributed by atoms with van der Waals surface area (Å²) in [5.74, 6) is 0.504. The van der Waals surface area contributed by atoms with Crippen molar-refractivity contribution in [3.05, 3.63) is 96.1 Å². The molecule has 0 radical (unpaired) electrons. The zero-order valence-corrected chi connectivity index (χ0v) is 27.0. The Balaban J connectivity index is 1.40. The minimum Gasteiger partial charge on any atom is -0.611 e. The molecule has 4 aromatic rings. The third-order valence-electron chi connectivity index (χ3n) is 6.94. The largest absolute Gasteiger partial charge is 0.611 e. The van der Waals surface area contributed by atoms with Gasteiger partial charge in [0.1, 0.15) is 18.1 Å². The van der Waals surface area contributed by atoms with Crippen LogP contribution < -0.4 is 14.8 Å². The molecule has 8 nitrogen and oxygen atoms in total. The average molecular weight is 652 g/mol. The van der Waals surface area contributed by atoms with Crippen molar-refractivity contribution in [2.24, 2.45) is 0 Å².